The maximum Gasteiger partial charge on any atom is 0.254 e. The lowest BCUT2D eigenvalue weighted by Gasteiger charge is -2.27. The molecule has 0 aromatic heterocycles. The summed E-state index contributed by atoms with van der Waals surface area (Å²) >= 11 is 0. The SMILES string of the molecule is CC1CCCC(c2ccc(C(=O)N3CCC[C@H]3CO)cc2)C1. The van der Waals surface area contributed by atoms with E-state index in [2.05, 4.69) is 19.1 Å². The highest BCUT2D eigenvalue weighted by Crippen LogP contribution is 2.36. The first kappa shape index (κ1) is 15.5. The Morgan fingerprint density at radius 2 is 1.95 bits per heavy atom. The van der Waals surface area contributed by atoms with Gasteiger partial charge in [0.1, 0.15) is 0 Å². The summed E-state index contributed by atoms with van der Waals surface area (Å²) in [6, 6.07) is 8.24. The maximum atomic E-state index is 12.6. The third kappa shape index (κ3) is 3.19. The molecule has 1 saturated carbocycles. The summed E-state index contributed by atoms with van der Waals surface area (Å²) in [4.78, 5) is 14.4. The van der Waals surface area contributed by atoms with E-state index >= 15 is 0 Å². The predicted molar refractivity (Wildman–Crippen MR) is 88.0 cm³/mol. The fraction of sp³-hybridized carbons (Fsp3) is 0.632. The second-order valence-corrected chi connectivity index (χ2v) is 7.07. The Morgan fingerprint density at radius 1 is 1.18 bits per heavy atom. The zero-order chi connectivity index (χ0) is 15.5. The van der Waals surface area contributed by atoms with Crippen molar-refractivity contribution in [3.63, 3.8) is 0 Å². The quantitative estimate of drug-likeness (QED) is 0.927. The third-order valence-electron chi connectivity index (χ3n) is 5.41. The van der Waals surface area contributed by atoms with Crippen LogP contribution in [0.5, 0.6) is 0 Å². The molecule has 3 nitrogen and oxygen atoms in total. The number of hydrogen-bond donors (Lipinski definition) is 1. The van der Waals surface area contributed by atoms with Gasteiger partial charge in [-0.1, -0.05) is 31.9 Å². The molecule has 1 aromatic carbocycles. The molecule has 1 N–H and O–H groups in total. The minimum atomic E-state index is 0.00590. The molecule has 1 aliphatic heterocycles. The van der Waals surface area contributed by atoms with Crippen molar-refractivity contribution in [2.75, 3.05) is 13.2 Å². The molecule has 1 aromatic rings. The molecular weight excluding hydrogens is 274 g/mol. The molecule has 2 aliphatic rings. The Hall–Kier alpha value is -1.35. The van der Waals surface area contributed by atoms with Crippen LogP contribution in [0.4, 0.5) is 0 Å². The van der Waals surface area contributed by atoms with Crippen molar-refractivity contribution >= 4 is 5.91 Å². The first-order valence-electron chi connectivity index (χ1n) is 8.71. The number of amides is 1. The van der Waals surface area contributed by atoms with Crippen LogP contribution in [-0.4, -0.2) is 35.1 Å². The largest absolute Gasteiger partial charge is 0.394 e. The molecule has 1 aliphatic carbocycles. The van der Waals surface area contributed by atoms with Gasteiger partial charge in [0.25, 0.3) is 5.91 Å². The number of benzene rings is 1. The Kier molecular flexibility index (Phi) is 4.82. The standard InChI is InChI=1S/C19H27NO2/c1-14-4-2-5-17(12-14)15-7-9-16(10-8-15)19(22)20-11-3-6-18(20)13-21/h7-10,14,17-18,21H,2-6,11-13H2,1H3/t14?,17?,18-/m0/s1. The first-order chi connectivity index (χ1) is 10.7. The molecule has 120 valence electrons. The maximum absolute atomic E-state index is 12.6. The van der Waals surface area contributed by atoms with Gasteiger partial charge in [-0.15, -0.1) is 0 Å². The van der Waals surface area contributed by atoms with Crippen LogP contribution in [0.15, 0.2) is 24.3 Å². The number of aliphatic hydroxyl groups is 1. The molecule has 1 saturated heterocycles. The zero-order valence-electron chi connectivity index (χ0n) is 13.5. The molecule has 22 heavy (non-hydrogen) atoms. The van der Waals surface area contributed by atoms with Gasteiger partial charge >= 0.3 is 0 Å². The average molecular weight is 301 g/mol. The molecule has 3 atom stereocenters. The summed E-state index contributed by atoms with van der Waals surface area (Å²) in [7, 11) is 0. The average Bonchev–Trinajstić information content (AvgIpc) is 3.03. The molecular formula is C19H27NO2. The second-order valence-electron chi connectivity index (χ2n) is 7.07. The lowest BCUT2D eigenvalue weighted by Crippen LogP contribution is -2.37. The molecule has 1 heterocycles. The van der Waals surface area contributed by atoms with Crippen molar-refractivity contribution in [1.29, 1.82) is 0 Å². The topological polar surface area (TPSA) is 40.5 Å². The first-order valence-corrected chi connectivity index (χ1v) is 8.71. The number of likely N-dealkylation sites (tertiary alicyclic amines) is 1. The lowest BCUT2D eigenvalue weighted by molar-refractivity contribution is 0.0677. The second kappa shape index (κ2) is 6.82. The molecule has 3 rings (SSSR count). The normalized spacial score (nSPS) is 28.8. The number of rotatable bonds is 3. The summed E-state index contributed by atoms with van der Waals surface area (Å²) in [5.41, 5.74) is 2.14. The van der Waals surface area contributed by atoms with Crippen molar-refractivity contribution in [2.45, 2.75) is 57.4 Å². The van der Waals surface area contributed by atoms with Crippen molar-refractivity contribution < 1.29 is 9.90 Å². The van der Waals surface area contributed by atoms with Gasteiger partial charge in [0.2, 0.25) is 0 Å². The molecule has 0 spiro atoms. The van der Waals surface area contributed by atoms with Crippen LogP contribution in [0.2, 0.25) is 0 Å². The summed E-state index contributed by atoms with van der Waals surface area (Å²) in [5.74, 6) is 1.54. The van der Waals surface area contributed by atoms with Crippen LogP contribution in [0.1, 0.15) is 67.3 Å². The number of aliphatic hydroxyl groups excluding tert-OH is 1. The highest BCUT2D eigenvalue weighted by molar-refractivity contribution is 5.94. The van der Waals surface area contributed by atoms with Crippen molar-refractivity contribution in [1.82, 2.24) is 4.90 Å². The summed E-state index contributed by atoms with van der Waals surface area (Å²) in [6.07, 6.45) is 7.13. The minimum absolute atomic E-state index is 0.00590. The van der Waals surface area contributed by atoms with E-state index in [0.29, 0.717) is 5.92 Å². The smallest absolute Gasteiger partial charge is 0.254 e. The van der Waals surface area contributed by atoms with Gasteiger partial charge in [-0.2, -0.15) is 0 Å². The van der Waals surface area contributed by atoms with Crippen LogP contribution in [0.3, 0.4) is 0 Å². The van der Waals surface area contributed by atoms with Crippen molar-refractivity contribution in [3.05, 3.63) is 35.4 Å². The monoisotopic (exact) mass is 301 g/mol. The van der Waals surface area contributed by atoms with Crippen LogP contribution in [0.25, 0.3) is 0 Å². The molecule has 2 fully saturated rings. The van der Waals surface area contributed by atoms with E-state index < -0.39 is 0 Å². The number of carbonyl (C=O) groups excluding carboxylic acids is 1. The number of carbonyl (C=O) groups is 1. The Labute approximate surface area is 133 Å². The van der Waals surface area contributed by atoms with E-state index in [-0.39, 0.29) is 18.6 Å². The van der Waals surface area contributed by atoms with Gasteiger partial charge in [-0.3, -0.25) is 4.79 Å². The highest BCUT2D eigenvalue weighted by Gasteiger charge is 2.29. The van der Waals surface area contributed by atoms with Crippen LogP contribution < -0.4 is 0 Å². The van der Waals surface area contributed by atoms with E-state index in [1.807, 2.05) is 17.0 Å². The van der Waals surface area contributed by atoms with E-state index in [1.54, 1.807) is 0 Å². The van der Waals surface area contributed by atoms with Gasteiger partial charge < -0.3 is 10.0 Å². The highest BCUT2D eigenvalue weighted by atomic mass is 16.3. The zero-order valence-corrected chi connectivity index (χ0v) is 13.5. The summed E-state index contributed by atoms with van der Waals surface area (Å²) in [5, 5.41) is 9.38. The molecule has 3 heteroatoms. The van der Waals surface area contributed by atoms with Crippen LogP contribution in [0, 0.1) is 5.92 Å². The molecule has 2 unspecified atom stereocenters. The van der Waals surface area contributed by atoms with Gasteiger partial charge in [-0.25, -0.2) is 0 Å². The Balaban J connectivity index is 1.69. The van der Waals surface area contributed by atoms with Gasteiger partial charge in [0.05, 0.1) is 12.6 Å². The van der Waals surface area contributed by atoms with Gasteiger partial charge in [0, 0.05) is 12.1 Å². The predicted octanol–water partition coefficient (Wildman–Crippen LogP) is 3.58. The van der Waals surface area contributed by atoms with E-state index in [4.69, 9.17) is 0 Å². The molecule has 1 amide bonds. The Morgan fingerprint density at radius 3 is 2.64 bits per heavy atom. The molecule has 0 bridgehead atoms. The van der Waals surface area contributed by atoms with Crippen LogP contribution in [-0.2, 0) is 0 Å². The molecule has 0 radical (unpaired) electrons. The third-order valence-corrected chi connectivity index (χ3v) is 5.41. The van der Waals surface area contributed by atoms with E-state index in [1.165, 1.54) is 31.2 Å². The van der Waals surface area contributed by atoms with Crippen molar-refractivity contribution in [3.8, 4) is 0 Å². The summed E-state index contributed by atoms with van der Waals surface area (Å²) < 4.78 is 0. The fourth-order valence-electron chi connectivity index (χ4n) is 4.09. The lowest BCUT2D eigenvalue weighted by atomic mass is 9.79. The van der Waals surface area contributed by atoms with Gasteiger partial charge in [0.15, 0.2) is 0 Å². The number of hydrogen-bond acceptors (Lipinski definition) is 2. The van der Waals surface area contributed by atoms with Crippen molar-refractivity contribution in [2.24, 2.45) is 5.92 Å². The summed E-state index contributed by atoms with van der Waals surface area (Å²) in [6.45, 7) is 3.18. The van der Waals surface area contributed by atoms with Crippen LogP contribution >= 0.6 is 0 Å². The van der Waals surface area contributed by atoms with E-state index in [9.17, 15) is 9.90 Å². The van der Waals surface area contributed by atoms with E-state index in [0.717, 1.165) is 30.9 Å². The minimum Gasteiger partial charge on any atom is -0.394 e. The number of nitrogens with zero attached hydrogens (tertiary/aromatic N) is 1. The fourth-order valence-corrected chi connectivity index (χ4v) is 4.09. The Bertz CT molecular complexity index is 511. The van der Waals surface area contributed by atoms with Gasteiger partial charge in [-0.05, 0) is 55.2 Å².